The number of rotatable bonds is 5. The largest absolute Gasteiger partial charge is 0.493 e. The Kier molecular flexibility index (Phi) is 6.48. The van der Waals surface area contributed by atoms with Crippen molar-refractivity contribution in [2.45, 2.75) is 6.92 Å². The van der Waals surface area contributed by atoms with Crippen molar-refractivity contribution in [3.05, 3.63) is 34.9 Å². The van der Waals surface area contributed by atoms with E-state index in [2.05, 4.69) is 10.2 Å². The number of carbonyl (C=O) groups excluding carboxylic acids is 1. The molecule has 0 radical (unpaired) electrons. The Bertz CT molecular complexity index is 1120. The number of aromatic nitrogens is 1. The average Bonchev–Trinajstić information content (AvgIpc) is 3.26. The van der Waals surface area contributed by atoms with Gasteiger partial charge in [0.05, 0.1) is 37.2 Å². The molecule has 2 aromatic carbocycles. The lowest BCUT2D eigenvalue weighted by Gasteiger charge is -2.34. The van der Waals surface area contributed by atoms with Gasteiger partial charge < -0.3 is 29.3 Å². The van der Waals surface area contributed by atoms with Crippen molar-refractivity contribution in [3.63, 3.8) is 0 Å². The highest BCUT2D eigenvalue weighted by Crippen LogP contribution is 2.40. The van der Waals surface area contributed by atoms with Crippen LogP contribution in [0.5, 0.6) is 17.2 Å². The summed E-state index contributed by atoms with van der Waals surface area (Å²) in [5.41, 5.74) is 2.51. The highest BCUT2D eigenvalue weighted by atomic mass is 35.5. The van der Waals surface area contributed by atoms with Crippen molar-refractivity contribution in [1.82, 2.24) is 9.88 Å². The summed E-state index contributed by atoms with van der Waals surface area (Å²) in [4.78, 5) is 21.6. The van der Waals surface area contributed by atoms with Gasteiger partial charge in [0.1, 0.15) is 0 Å². The van der Waals surface area contributed by atoms with Crippen LogP contribution in [0.4, 0.5) is 15.6 Å². The van der Waals surface area contributed by atoms with E-state index in [0.29, 0.717) is 49.1 Å². The van der Waals surface area contributed by atoms with Gasteiger partial charge in [0, 0.05) is 43.3 Å². The van der Waals surface area contributed by atoms with Crippen molar-refractivity contribution in [2.24, 2.45) is 0 Å². The number of benzene rings is 2. The topological polar surface area (TPSA) is 76.2 Å². The van der Waals surface area contributed by atoms with E-state index >= 15 is 0 Å². The highest BCUT2D eigenvalue weighted by Gasteiger charge is 2.24. The number of carbonyl (C=O) groups is 1. The van der Waals surface area contributed by atoms with Gasteiger partial charge in [-0.3, -0.25) is 0 Å². The third-order valence-electron chi connectivity index (χ3n) is 5.49. The molecule has 1 saturated heterocycles. The number of aryl methyl sites for hydroxylation is 1. The van der Waals surface area contributed by atoms with Gasteiger partial charge in [-0.1, -0.05) is 22.9 Å². The van der Waals surface area contributed by atoms with E-state index in [9.17, 15) is 4.79 Å². The van der Waals surface area contributed by atoms with Crippen molar-refractivity contribution in [2.75, 3.05) is 57.7 Å². The van der Waals surface area contributed by atoms with Crippen molar-refractivity contribution in [3.8, 4) is 17.2 Å². The quantitative estimate of drug-likeness (QED) is 0.578. The minimum atomic E-state index is -0.175. The Hall–Kier alpha value is -2.91. The van der Waals surface area contributed by atoms with E-state index in [1.54, 1.807) is 49.7 Å². The fourth-order valence-electron chi connectivity index (χ4n) is 3.68. The number of hydrogen-bond acceptors (Lipinski definition) is 7. The lowest BCUT2D eigenvalue weighted by molar-refractivity contribution is 0.208. The van der Waals surface area contributed by atoms with Crippen molar-refractivity contribution in [1.29, 1.82) is 0 Å². The summed E-state index contributed by atoms with van der Waals surface area (Å²) in [5, 5.41) is 4.61. The molecule has 8 nitrogen and oxygen atoms in total. The number of urea groups is 1. The molecule has 1 aromatic heterocycles. The van der Waals surface area contributed by atoms with E-state index in [1.807, 2.05) is 19.1 Å². The van der Waals surface area contributed by atoms with Crippen LogP contribution in [0.1, 0.15) is 5.56 Å². The molecular weight excluding hydrogens is 452 g/mol. The molecular formula is C22H25ClN4O4S. The molecule has 0 bridgehead atoms. The number of fused-ring (bicyclic) bond motifs is 1. The van der Waals surface area contributed by atoms with Gasteiger partial charge in [-0.2, -0.15) is 0 Å². The van der Waals surface area contributed by atoms with Crippen LogP contribution in [0.15, 0.2) is 24.3 Å². The van der Waals surface area contributed by atoms with E-state index in [1.165, 1.54) is 0 Å². The van der Waals surface area contributed by atoms with Crippen LogP contribution < -0.4 is 24.4 Å². The van der Waals surface area contributed by atoms with Gasteiger partial charge in [0.2, 0.25) is 5.75 Å². The molecule has 3 aromatic rings. The molecule has 0 spiro atoms. The number of halogens is 1. The van der Waals surface area contributed by atoms with E-state index in [0.717, 1.165) is 25.9 Å². The maximum absolute atomic E-state index is 12.8. The Morgan fingerprint density at radius 1 is 1.06 bits per heavy atom. The molecule has 2 heterocycles. The third-order valence-corrected chi connectivity index (χ3v) is 6.98. The molecule has 1 aliphatic heterocycles. The fourth-order valence-corrected chi connectivity index (χ4v) is 4.91. The SMILES string of the molecule is COc1cc(NC(=O)N2CCN(c3nc4c(C)c(Cl)ccc4s3)CC2)cc(OC)c1OC. The lowest BCUT2D eigenvalue weighted by Crippen LogP contribution is -2.50. The number of nitrogens with one attached hydrogen (secondary N) is 1. The Balaban J connectivity index is 1.42. The number of piperazine rings is 1. The molecule has 1 aliphatic rings. The first-order valence-electron chi connectivity index (χ1n) is 10.1. The first-order chi connectivity index (χ1) is 15.4. The number of amides is 2. The third kappa shape index (κ3) is 4.22. The van der Waals surface area contributed by atoms with Crippen LogP contribution in [0.2, 0.25) is 5.02 Å². The molecule has 2 amide bonds. The van der Waals surface area contributed by atoms with Crippen LogP contribution in [-0.2, 0) is 0 Å². The minimum Gasteiger partial charge on any atom is -0.493 e. The Labute approximate surface area is 195 Å². The van der Waals surface area contributed by atoms with Crippen LogP contribution in [-0.4, -0.2) is 63.4 Å². The number of thiazole rings is 1. The predicted octanol–water partition coefficient (Wildman–Crippen LogP) is 4.64. The Morgan fingerprint density at radius 3 is 2.31 bits per heavy atom. The molecule has 4 rings (SSSR count). The summed E-state index contributed by atoms with van der Waals surface area (Å²) in [6.45, 7) is 4.57. The van der Waals surface area contributed by atoms with Gasteiger partial charge in [0.15, 0.2) is 16.6 Å². The second-order valence-corrected chi connectivity index (χ2v) is 8.75. The number of hydrogen-bond donors (Lipinski definition) is 1. The van der Waals surface area contributed by atoms with Gasteiger partial charge in [-0.05, 0) is 24.6 Å². The van der Waals surface area contributed by atoms with Crippen molar-refractivity contribution >= 4 is 50.0 Å². The standard InChI is InChI=1S/C22H25ClN4O4S/c1-13-15(23)5-6-18-19(13)25-22(32-18)27-9-7-26(8-10-27)21(28)24-14-11-16(29-2)20(31-4)17(12-14)30-3/h5-6,11-12H,7-10H2,1-4H3,(H,24,28). The second kappa shape index (κ2) is 9.30. The summed E-state index contributed by atoms with van der Waals surface area (Å²) < 4.78 is 17.2. The molecule has 0 saturated carbocycles. The normalized spacial score (nSPS) is 13.9. The summed E-state index contributed by atoms with van der Waals surface area (Å²) in [6, 6.07) is 7.17. The highest BCUT2D eigenvalue weighted by molar-refractivity contribution is 7.22. The summed E-state index contributed by atoms with van der Waals surface area (Å²) >= 11 is 7.88. The Morgan fingerprint density at radius 2 is 1.72 bits per heavy atom. The van der Waals surface area contributed by atoms with Gasteiger partial charge in [-0.15, -0.1) is 0 Å². The first-order valence-corrected chi connectivity index (χ1v) is 11.3. The number of ether oxygens (including phenoxy) is 3. The van der Waals surface area contributed by atoms with E-state index in [-0.39, 0.29) is 6.03 Å². The van der Waals surface area contributed by atoms with Gasteiger partial charge in [0.25, 0.3) is 0 Å². The minimum absolute atomic E-state index is 0.175. The second-order valence-electron chi connectivity index (χ2n) is 7.33. The van der Waals surface area contributed by atoms with Crippen LogP contribution in [0.3, 0.4) is 0 Å². The number of methoxy groups -OCH3 is 3. The summed E-state index contributed by atoms with van der Waals surface area (Å²) in [6.07, 6.45) is 0. The fraction of sp³-hybridized carbons (Fsp3) is 0.364. The monoisotopic (exact) mass is 476 g/mol. The molecule has 1 N–H and O–H groups in total. The van der Waals surface area contributed by atoms with Crippen LogP contribution in [0, 0.1) is 6.92 Å². The van der Waals surface area contributed by atoms with Gasteiger partial charge >= 0.3 is 6.03 Å². The van der Waals surface area contributed by atoms with E-state index < -0.39 is 0 Å². The average molecular weight is 477 g/mol. The number of nitrogens with zero attached hydrogens (tertiary/aromatic N) is 3. The zero-order valence-electron chi connectivity index (χ0n) is 18.4. The summed E-state index contributed by atoms with van der Waals surface area (Å²) in [7, 11) is 4.62. The predicted molar refractivity (Wildman–Crippen MR) is 128 cm³/mol. The van der Waals surface area contributed by atoms with Gasteiger partial charge in [-0.25, -0.2) is 9.78 Å². The smallest absolute Gasteiger partial charge is 0.321 e. The maximum Gasteiger partial charge on any atom is 0.321 e. The molecule has 0 unspecified atom stereocenters. The zero-order chi connectivity index (χ0) is 22.8. The summed E-state index contributed by atoms with van der Waals surface area (Å²) in [5.74, 6) is 1.45. The maximum atomic E-state index is 12.8. The van der Waals surface area contributed by atoms with Crippen LogP contribution >= 0.6 is 22.9 Å². The molecule has 0 atom stereocenters. The van der Waals surface area contributed by atoms with Crippen LogP contribution in [0.25, 0.3) is 10.2 Å². The molecule has 0 aliphatic carbocycles. The van der Waals surface area contributed by atoms with Crippen molar-refractivity contribution < 1.29 is 19.0 Å². The van der Waals surface area contributed by atoms with E-state index in [4.69, 9.17) is 30.8 Å². The molecule has 32 heavy (non-hydrogen) atoms. The zero-order valence-corrected chi connectivity index (χ0v) is 20.0. The molecule has 170 valence electrons. The molecule has 1 fully saturated rings. The first kappa shape index (κ1) is 22.3. The lowest BCUT2D eigenvalue weighted by atomic mass is 10.2. The number of anilines is 2. The molecule has 10 heteroatoms.